The van der Waals surface area contributed by atoms with Crippen LogP contribution in [0.25, 0.3) is 10.9 Å². The van der Waals surface area contributed by atoms with Gasteiger partial charge in [-0.1, -0.05) is 50.8 Å². The van der Waals surface area contributed by atoms with Gasteiger partial charge in [-0.25, -0.2) is 0 Å². The summed E-state index contributed by atoms with van der Waals surface area (Å²) in [6.07, 6.45) is 6.24. The highest BCUT2D eigenvalue weighted by Crippen LogP contribution is 2.13. The van der Waals surface area contributed by atoms with E-state index in [1.54, 1.807) is 6.07 Å². The molecule has 0 bridgehead atoms. The lowest BCUT2D eigenvalue weighted by Crippen LogP contribution is -2.44. The van der Waals surface area contributed by atoms with Gasteiger partial charge in [0, 0.05) is 11.6 Å². The fraction of sp³-hybridized carbons (Fsp3) is 0.389. The van der Waals surface area contributed by atoms with Crippen LogP contribution in [0.4, 0.5) is 0 Å². The maximum absolute atomic E-state index is 12.3. The summed E-state index contributed by atoms with van der Waals surface area (Å²) in [5.41, 5.74) is 6.66. The van der Waals surface area contributed by atoms with E-state index in [-0.39, 0.29) is 5.91 Å². The average Bonchev–Trinajstić information content (AvgIpc) is 2.56. The molecule has 5 nitrogen and oxygen atoms in total. The van der Waals surface area contributed by atoms with Gasteiger partial charge in [-0.2, -0.15) is 0 Å². The maximum Gasteiger partial charge on any atom is 0.253 e. The molecule has 122 valence electrons. The molecule has 0 unspecified atom stereocenters. The molecule has 2 amide bonds. The van der Waals surface area contributed by atoms with E-state index in [0.29, 0.717) is 12.0 Å². The topological polar surface area (TPSA) is 85.1 Å². The third-order valence-electron chi connectivity index (χ3n) is 3.85. The van der Waals surface area contributed by atoms with Gasteiger partial charge in [-0.3, -0.25) is 14.6 Å². The zero-order chi connectivity index (χ0) is 16.7. The van der Waals surface area contributed by atoms with Crippen molar-refractivity contribution < 1.29 is 9.59 Å². The number of pyridine rings is 1. The number of nitrogens with two attached hydrogens (primary N) is 1. The molecule has 0 radical (unpaired) electrons. The normalized spacial score (nSPS) is 12.0. The number of rotatable bonds is 8. The number of benzene rings is 1. The summed E-state index contributed by atoms with van der Waals surface area (Å²) in [5, 5.41) is 3.61. The summed E-state index contributed by atoms with van der Waals surface area (Å²) in [5.74, 6) is -0.814. The van der Waals surface area contributed by atoms with Crippen molar-refractivity contribution in [3.8, 4) is 0 Å². The van der Waals surface area contributed by atoms with E-state index < -0.39 is 11.9 Å². The van der Waals surface area contributed by atoms with E-state index in [1.807, 2.05) is 24.3 Å². The van der Waals surface area contributed by atoms with Gasteiger partial charge >= 0.3 is 0 Å². The van der Waals surface area contributed by atoms with Crippen LogP contribution >= 0.6 is 0 Å². The van der Waals surface area contributed by atoms with E-state index in [1.165, 1.54) is 6.20 Å². The fourth-order valence-electron chi connectivity index (χ4n) is 2.50. The van der Waals surface area contributed by atoms with Crippen LogP contribution in [-0.2, 0) is 4.79 Å². The van der Waals surface area contributed by atoms with Crippen molar-refractivity contribution in [2.75, 3.05) is 0 Å². The highest BCUT2D eigenvalue weighted by Gasteiger charge is 2.18. The van der Waals surface area contributed by atoms with Gasteiger partial charge in [-0.15, -0.1) is 0 Å². The molecule has 5 heteroatoms. The Morgan fingerprint density at radius 2 is 2.00 bits per heavy atom. The predicted molar refractivity (Wildman–Crippen MR) is 91.0 cm³/mol. The Balaban J connectivity index is 2.03. The van der Waals surface area contributed by atoms with E-state index in [9.17, 15) is 9.59 Å². The number of nitrogens with zero attached hydrogens (tertiary/aromatic N) is 1. The molecule has 1 heterocycles. The summed E-state index contributed by atoms with van der Waals surface area (Å²) >= 11 is 0. The van der Waals surface area contributed by atoms with Gasteiger partial charge < -0.3 is 11.1 Å². The minimum atomic E-state index is -0.633. The largest absolute Gasteiger partial charge is 0.368 e. The quantitative estimate of drug-likeness (QED) is 0.735. The Morgan fingerprint density at radius 1 is 1.22 bits per heavy atom. The minimum Gasteiger partial charge on any atom is -0.368 e. The molecule has 0 aliphatic heterocycles. The summed E-state index contributed by atoms with van der Waals surface area (Å²) < 4.78 is 0. The van der Waals surface area contributed by atoms with Crippen molar-refractivity contribution in [3.05, 3.63) is 42.1 Å². The van der Waals surface area contributed by atoms with E-state index >= 15 is 0 Å². The van der Waals surface area contributed by atoms with Crippen LogP contribution in [0.2, 0.25) is 0 Å². The second-order valence-electron chi connectivity index (χ2n) is 5.69. The fourth-order valence-corrected chi connectivity index (χ4v) is 2.50. The van der Waals surface area contributed by atoms with E-state index in [0.717, 1.165) is 36.6 Å². The van der Waals surface area contributed by atoms with Gasteiger partial charge in [0.15, 0.2) is 0 Å². The lowest BCUT2D eigenvalue weighted by Gasteiger charge is -2.15. The first-order valence-electron chi connectivity index (χ1n) is 8.06. The van der Waals surface area contributed by atoms with Gasteiger partial charge in [0.2, 0.25) is 5.91 Å². The number of hydrogen-bond acceptors (Lipinski definition) is 3. The molecule has 3 N–H and O–H groups in total. The van der Waals surface area contributed by atoms with Gasteiger partial charge in [-0.05, 0) is 18.6 Å². The lowest BCUT2D eigenvalue weighted by atomic mass is 10.1. The van der Waals surface area contributed by atoms with Crippen molar-refractivity contribution >= 4 is 22.7 Å². The van der Waals surface area contributed by atoms with Crippen LogP contribution in [0.3, 0.4) is 0 Å². The van der Waals surface area contributed by atoms with Crippen molar-refractivity contribution in [1.82, 2.24) is 10.3 Å². The van der Waals surface area contributed by atoms with Crippen molar-refractivity contribution in [2.45, 2.75) is 45.1 Å². The minimum absolute atomic E-state index is 0.317. The van der Waals surface area contributed by atoms with Crippen LogP contribution < -0.4 is 11.1 Å². The third kappa shape index (κ3) is 4.77. The molecule has 0 saturated carbocycles. The standard InChI is InChI=1S/C18H23N3O2/c1-2-3-4-5-10-16(17(19)22)21-18(23)14-11-13-8-6-7-9-15(13)20-12-14/h6-9,11-12,16H,2-5,10H2,1H3,(H2,19,22)(H,21,23)/t16-/m0/s1. The van der Waals surface area contributed by atoms with Gasteiger partial charge in [0.25, 0.3) is 5.91 Å². The van der Waals surface area contributed by atoms with Crippen LogP contribution in [0.1, 0.15) is 49.4 Å². The number of nitrogens with one attached hydrogen (secondary N) is 1. The zero-order valence-corrected chi connectivity index (χ0v) is 13.4. The monoisotopic (exact) mass is 313 g/mol. The van der Waals surface area contributed by atoms with Gasteiger partial charge in [0.1, 0.15) is 6.04 Å². The second-order valence-corrected chi connectivity index (χ2v) is 5.69. The number of para-hydroxylation sites is 1. The summed E-state index contributed by atoms with van der Waals surface area (Å²) in [4.78, 5) is 28.1. The molecule has 23 heavy (non-hydrogen) atoms. The summed E-state index contributed by atoms with van der Waals surface area (Å²) in [6.45, 7) is 2.13. The van der Waals surface area contributed by atoms with Crippen molar-refractivity contribution in [2.24, 2.45) is 5.73 Å². The molecule has 0 aliphatic carbocycles. The number of aromatic nitrogens is 1. The Labute approximate surface area is 136 Å². The van der Waals surface area contributed by atoms with E-state index in [2.05, 4.69) is 17.2 Å². The Bertz CT molecular complexity index is 685. The highest BCUT2D eigenvalue weighted by atomic mass is 16.2. The molecule has 2 aromatic rings. The smallest absolute Gasteiger partial charge is 0.253 e. The number of carbonyl (C=O) groups is 2. The summed E-state index contributed by atoms with van der Waals surface area (Å²) in [7, 11) is 0. The maximum atomic E-state index is 12.3. The van der Waals surface area contributed by atoms with Crippen LogP contribution in [0, 0.1) is 0 Å². The molecule has 1 aromatic heterocycles. The first kappa shape index (κ1) is 16.9. The van der Waals surface area contributed by atoms with Crippen LogP contribution in [-0.4, -0.2) is 22.8 Å². The van der Waals surface area contributed by atoms with Gasteiger partial charge in [0.05, 0.1) is 11.1 Å². The van der Waals surface area contributed by atoms with Crippen molar-refractivity contribution in [1.29, 1.82) is 0 Å². The number of primary amides is 1. The van der Waals surface area contributed by atoms with Crippen LogP contribution in [0.15, 0.2) is 36.5 Å². The number of hydrogen-bond donors (Lipinski definition) is 2. The molecule has 1 aromatic carbocycles. The molecule has 1 atom stereocenters. The van der Waals surface area contributed by atoms with E-state index in [4.69, 9.17) is 5.73 Å². The average molecular weight is 313 g/mol. The number of fused-ring (bicyclic) bond motifs is 1. The summed E-state index contributed by atoms with van der Waals surface area (Å²) in [6, 6.07) is 8.71. The van der Waals surface area contributed by atoms with Crippen molar-refractivity contribution in [3.63, 3.8) is 0 Å². The zero-order valence-electron chi connectivity index (χ0n) is 13.4. The number of carbonyl (C=O) groups excluding carboxylic acids is 2. The Hall–Kier alpha value is -2.43. The first-order chi connectivity index (χ1) is 11.1. The highest BCUT2D eigenvalue weighted by molar-refractivity contribution is 5.99. The number of amides is 2. The molecule has 0 saturated heterocycles. The first-order valence-corrected chi connectivity index (χ1v) is 8.06. The molecule has 0 spiro atoms. The number of unbranched alkanes of at least 4 members (excludes halogenated alkanes) is 3. The Morgan fingerprint density at radius 3 is 2.74 bits per heavy atom. The lowest BCUT2D eigenvalue weighted by molar-refractivity contribution is -0.120. The molecular weight excluding hydrogens is 290 g/mol. The second kappa shape index (κ2) is 8.27. The molecule has 0 fully saturated rings. The SMILES string of the molecule is CCCCCC[C@H](NC(=O)c1cnc2ccccc2c1)C(N)=O. The Kier molecular flexibility index (Phi) is 6.09. The molecule has 2 rings (SSSR count). The molecule has 0 aliphatic rings. The predicted octanol–water partition coefficient (Wildman–Crippen LogP) is 2.79. The van der Waals surface area contributed by atoms with Crippen LogP contribution in [0.5, 0.6) is 0 Å². The third-order valence-corrected chi connectivity index (χ3v) is 3.85. The molecular formula is C18H23N3O2.